The summed E-state index contributed by atoms with van der Waals surface area (Å²) in [6.45, 7) is 4.14. The molecule has 1 aliphatic rings. The number of aryl methyl sites for hydroxylation is 2. The van der Waals surface area contributed by atoms with Crippen molar-refractivity contribution >= 4 is 21.4 Å². The van der Waals surface area contributed by atoms with Crippen LogP contribution in [0.4, 0.5) is 0 Å². The number of benzene rings is 1. The molecule has 0 spiro atoms. The highest BCUT2D eigenvalue weighted by Crippen LogP contribution is 2.34. The van der Waals surface area contributed by atoms with Gasteiger partial charge >= 0.3 is 0 Å². The molecule has 6 heteroatoms. The molecule has 1 aliphatic carbocycles. The van der Waals surface area contributed by atoms with Crippen LogP contribution in [0.25, 0.3) is 0 Å². The number of sulfonamides is 1. The molecule has 1 saturated carbocycles. The molecule has 0 atom stereocenters. The maximum absolute atomic E-state index is 12.9. The number of nitrogens with zero attached hydrogens (tertiary/aromatic N) is 2. The monoisotopic (exact) mass is 322 g/mol. The van der Waals surface area contributed by atoms with Gasteiger partial charge in [0.05, 0.1) is 22.1 Å². The summed E-state index contributed by atoms with van der Waals surface area (Å²) in [4.78, 5) is 4.81. The van der Waals surface area contributed by atoms with Crippen LogP contribution in [0, 0.1) is 13.8 Å². The van der Waals surface area contributed by atoms with Crippen molar-refractivity contribution in [1.82, 2.24) is 9.29 Å². The normalized spacial score (nSPS) is 15.6. The van der Waals surface area contributed by atoms with E-state index in [1.165, 1.54) is 0 Å². The number of aromatic nitrogens is 1. The Bertz CT molecular complexity index is 749. The van der Waals surface area contributed by atoms with Gasteiger partial charge in [-0.25, -0.2) is 13.4 Å². The molecule has 1 fully saturated rings. The molecule has 0 N–H and O–H groups in total. The van der Waals surface area contributed by atoms with Gasteiger partial charge in [-0.1, -0.05) is 18.2 Å². The smallest absolute Gasteiger partial charge is 0.243 e. The van der Waals surface area contributed by atoms with Crippen LogP contribution in [0.1, 0.15) is 29.1 Å². The third-order valence-corrected chi connectivity index (χ3v) is 6.50. The Morgan fingerprint density at radius 2 is 2.00 bits per heavy atom. The van der Waals surface area contributed by atoms with Gasteiger partial charge in [0.25, 0.3) is 0 Å². The van der Waals surface area contributed by atoms with Gasteiger partial charge in [0.2, 0.25) is 10.0 Å². The number of thiazole rings is 1. The Labute approximate surface area is 129 Å². The molecule has 0 amide bonds. The fourth-order valence-electron chi connectivity index (χ4n) is 2.39. The van der Waals surface area contributed by atoms with Gasteiger partial charge in [0, 0.05) is 11.4 Å². The minimum absolute atomic E-state index is 0.122. The van der Waals surface area contributed by atoms with Crippen LogP contribution in [0.15, 0.2) is 34.5 Å². The molecule has 0 unspecified atom stereocenters. The van der Waals surface area contributed by atoms with Crippen LogP contribution >= 0.6 is 11.3 Å². The maximum Gasteiger partial charge on any atom is 0.243 e. The summed E-state index contributed by atoms with van der Waals surface area (Å²) in [5.41, 5.74) is 1.62. The second kappa shape index (κ2) is 5.51. The Kier molecular flexibility index (Phi) is 3.86. The van der Waals surface area contributed by atoms with Crippen LogP contribution in [0.2, 0.25) is 0 Å². The first kappa shape index (κ1) is 14.7. The molecule has 1 aromatic carbocycles. The standard InChI is InChI=1S/C15H18N2O2S2/c1-11-5-3-4-6-15(11)21(18,19)17(14-7-8-14)9-13-10-20-12(2)16-13/h3-6,10,14H,7-9H2,1-2H3. The lowest BCUT2D eigenvalue weighted by Crippen LogP contribution is -2.33. The SMILES string of the molecule is Cc1nc(CN(C2CC2)S(=O)(=O)c2ccccc2C)cs1. The van der Waals surface area contributed by atoms with E-state index in [9.17, 15) is 8.42 Å². The molecule has 0 bridgehead atoms. The van der Waals surface area contributed by atoms with E-state index >= 15 is 0 Å². The van der Waals surface area contributed by atoms with E-state index in [2.05, 4.69) is 4.98 Å². The van der Waals surface area contributed by atoms with E-state index in [4.69, 9.17) is 0 Å². The zero-order valence-corrected chi connectivity index (χ0v) is 13.7. The third kappa shape index (κ3) is 3.02. The number of hydrogen-bond donors (Lipinski definition) is 0. The molecule has 3 rings (SSSR count). The summed E-state index contributed by atoms with van der Waals surface area (Å²) in [6, 6.07) is 7.28. The molecule has 0 aliphatic heterocycles. The van der Waals surface area contributed by atoms with E-state index in [-0.39, 0.29) is 6.04 Å². The molecule has 0 radical (unpaired) electrons. The van der Waals surface area contributed by atoms with Crippen molar-refractivity contribution in [3.63, 3.8) is 0 Å². The van der Waals surface area contributed by atoms with Crippen molar-refractivity contribution in [3.8, 4) is 0 Å². The van der Waals surface area contributed by atoms with E-state index in [0.717, 1.165) is 29.1 Å². The zero-order chi connectivity index (χ0) is 15.0. The highest BCUT2D eigenvalue weighted by atomic mass is 32.2. The Hall–Kier alpha value is -1.24. The summed E-state index contributed by atoms with van der Waals surface area (Å²) in [5, 5.41) is 2.91. The fourth-order valence-corrected chi connectivity index (χ4v) is 4.87. The molecular weight excluding hydrogens is 304 g/mol. The highest BCUT2D eigenvalue weighted by Gasteiger charge is 2.38. The van der Waals surface area contributed by atoms with Crippen molar-refractivity contribution in [2.45, 2.75) is 44.2 Å². The van der Waals surface area contributed by atoms with Gasteiger partial charge in [0.15, 0.2) is 0 Å². The molecule has 4 nitrogen and oxygen atoms in total. The topological polar surface area (TPSA) is 50.3 Å². The second-order valence-corrected chi connectivity index (χ2v) is 8.33. The lowest BCUT2D eigenvalue weighted by Gasteiger charge is -2.22. The van der Waals surface area contributed by atoms with Gasteiger partial charge in [-0.05, 0) is 38.3 Å². The van der Waals surface area contributed by atoms with Crippen LogP contribution in [0.5, 0.6) is 0 Å². The first-order valence-electron chi connectivity index (χ1n) is 6.97. The van der Waals surface area contributed by atoms with Crippen molar-refractivity contribution in [1.29, 1.82) is 0 Å². The van der Waals surface area contributed by atoms with Gasteiger partial charge in [0.1, 0.15) is 0 Å². The van der Waals surface area contributed by atoms with Crippen LogP contribution in [-0.4, -0.2) is 23.7 Å². The molecule has 2 aromatic rings. The van der Waals surface area contributed by atoms with Crippen LogP contribution in [-0.2, 0) is 16.6 Å². The molecule has 21 heavy (non-hydrogen) atoms. The van der Waals surface area contributed by atoms with Crippen molar-refractivity contribution < 1.29 is 8.42 Å². The predicted octanol–water partition coefficient (Wildman–Crippen LogP) is 3.11. The van der Waals surface area contributed by atoms with E-state index < -0.39 is 10.0 Å². The lowest BCUT2D eigenvalue weighted by molar-refractivity contribution is 0.394. The minimum atomic E-state index is -3.46. The lowest BCUT2D eigenvalue weighted by atomic mass is 10.2. The third-order valence-electron chi connectivity index (χ3n) is 3.62. The number of rotatable bonds is 5. The first-order chi connectivity index (χ1) is 9.98. The molecule has 1 heterocycles. The Morgan fingerprint density at radius 1 is 1.29 bits per heavy atom. The maximum atomic E-state index is 12.9. The quantitative estimate of drug-likeness (QED) is 0.850. The molecule has 0 saturated heterocycles. The predicted molar refractivity (Wildman–Crippen MR) is 83.8 cm³/mol. The summed E-state index contributed by atoms with van der Waals surface area (Å²) in [6.07, 6.45) is 1.88. The fraction of sp³-hybridized carbons (Fsp3) is 0.400. The zero-order valence-electron chi connectivity index (χ0n) is 12.1. The Morgan fingerprint density at radius 3 is 2.57 bits per heavy atom. The summed E-state index contributed by atoms with van der Waals surface area (Å²) in [5.74, 6) is 0. The highest BCUT2D eigenvalue weighted by molar-refractivity contribution is 7.89. The molecular formula is C15H18N2O2S2. The minimum Gasteiger partial charge on any atom is -0.245 e. The molecule has 1 aromatic heterocycles. The van der Waals surface area contributed by atoms with Crippen molar-refractivity contribution in [3.05, 3.63) is 45.9 Å². The Balaban J connectivity index is 1.95. The van der Waals surface area contributed by atoms with Gasteiger partial charge in [-0.3, -0.25) is 0 Å². The van der Waals surface area contributed by atoms with Gasteiger partial charge < -0.3 is 0 Å². The van der Waals surface area contributed by atoms with Crippen LogP contribution < -0.4 is 0 Å². The van der Waals surface area contributed by atoms with Crippen LogP contribution in [0.3, 0.4) is 0 Å². The largest absolute Gasteiger partial charge is 0.245 e. The van der Waals surface area contributed by atoms with E-state index in [1.807, 2.05) is 31.4 Å². The molecule has 112 valence electrons. The van der Waals surface area contributed by atoms with Crippen molar-refractivity contribution in [2.75, 3.05) is 0 Å². The average molecular weight is 322 g/mol. The first-order valence-corrected chi connectivity index (χ1v) is 9.29. The average Bonchev–Trinajstić information content (AvgIpc) is 3.19. The van der Waals surface area contributed by atoms with Crippen molar-refractivity contribution in [2.24, 2.45) is 0 Å². The summed E-state index contributed by atoms with van der Waals surface area (Å²) in [7, 11) is -3.46. The van der Waals surface area contributed by atoms with E-state index in [1.54, 1.807) is 27.8 Å². The van der Waals surface area contributed by atoms with E-state index in [0.29, 0.717) is 11.4 Å². The number of hydrogen-bond acceptors (Lipinski definition) is 4. The summed E-state index contributed by atoms with van der Waals surface area (Å²) < 4.78 is 27.5. The summed E-state index contributed by atoms with van der Waals surface area (Å²) >= 11 is 1.56. The second-order valence-electron chi connectivity index (χ2n) is 5.40. The van der Waals surface area contributed by atoms with Gasteiger partial charge in [-0.2, -0.15) is 4.31 Å². The van der Waals surface area contributed by atoms with Gasteiger partial charge in [-0.15, -0.1) is 11.3 Å².